The number of likely N-dealkylation sites (N-methyl/N-ethyl adjacent to an activating group) is 1. The summed E-state index contributed by atoms with van der Waals surface area (Å²) >= 11 is 5.90. The lowest BCUT2D eigenvalue weighted by atomic mass is 10.1. The van der Waals surface area contributed by atoms with Crippen molar-refractivity contribution in [3.8, 4) is 0 Å². The summed E-state index contributed by atoms with van der Waals surface area (Å²) in [7, 11) is 0. The Morgan fingerprint density at radius 3 is 2.42 bits per heavy atom. The van der Waals surface area contributed by atoms with Gasteiger partial charge in [-0.1, -0.05) is 41.9 Å². The molecule has 26 heavy (non-hydrogen) atoms. The van der Waals surface area contributed by atoms with Gasteiger partial charge < -0.3 is 10.2 Å². The molecule has 0 aliphatic carbocycles. The predicted molar refractivity (Wildman–Crippen MR) is 100 cm³/mol. The molecule has 0 fully saturated rings. The molecule has 138 valence electrons. The fraction of sp³-hybridized carbons (Fsp3) is 0.300. The molecule has 0 saturated heterocycles. The van der Waals surface area contributed by atoms with E-state index in [1.807, 2.05) is 6.92 Å². The number of nitrogens with zero attached hydrogens (tertiary/aromatic N) is 1. The van der Waals surface area contributed by atoms with E-state index in [1.54, 1.807) is 49.4 Å². The zero-order valence-corrected chi connectivity index (χ0v) is 15.6. The monoisotopic (exact) mass is 376 g/mol. The zero-order chi connectivity index (χ0) is 19.1. The number of benzene rings is 2. The van der Waals surface area contributed by atoms with Crippen LogP contribution in [-0.4, -0.2) is 29.3 Å². The molecule has 2 aromatic carbocycles. The van der Waals surface area contributed by atoms with Crippen molar-refractivity contribution < 1.29 is 14.0 Å². The van der Waals surface area contributed by atoms with Crippen LogP contribution in [0.15, 0.2) is 48.5 Å². The molecule has 1 N–H and O–H groups in total. The topological polar surface area (TPSA) is 49.4 Å². The van der Waals surface area contributed by atoms with Crippen LogP contribution >= 0.6 is 11.6 Å². The van der Waals surface area contributed by atoms with Gasteiger partial charge in [0.25, 0.3) is 0 Å². The van der Waals surface area contributed by atoms with Gasteiger partial charge >= 0.3 is 0 Å². The summed E-state index contributed by atoms with van der Waals surface area (Å²) < 4.78 is 13.9. The van der Waals surface area contributed by atoms with E-state index in [9.17, 15) is 14.0 Å². The Kier molecular flexibility index (Phi) is 7.16. The van der Waals surface area contributed by atoms with Gasteiger partial charge in [-0.15, -0.1) is 0 Å². The van der Waals surface area contributed by atoms with Crippen LogP contribution in [0.4, 0.5) is 4.39 Å². The Labute approximate surface area is 158 Å². The van der Waals surface area contributed by atoms with Gasteiger partial charge in [-0.2, -0.15) is 0 Å². The van der Waals surface area contributed by atoms with Crippen molar-refractivity contribution in [3.05, 3.63) is 70.5 Å². The Morgan fingerprint density at radius 1 is 1.15 bits per heavy atom. The zero-order valence-electron chi connectivity index (χ0n) is 14.8. The summed E-state index contributed by atoms with van der Waals surface area (Å²) in [4.78, 5) is 26.6. The molecule has 4 nitrogen and oxygen atoms in total. The van der Waals surface area contributed by atoms with Gasteiger partial charge in [0.05, 0.1) is 6.42 Å². The number of hydrogen-bond donors (Lipinski definition) is 1. The van der Waals surface area contributed by atoms with Crippen molar-refractivity contribution in [1.29, 1.82) is 0 Å². The smallest absolute Gasteiger partial charge is 0.242 e. The maximum atomic E-state index is 13.9. The summed E-state index contributed by atoms with van der Waals surface area (Å²) in [5.74, 6) is -0.995. The lowest BCUT2D eigenvalue weighted by molar-refractivity contribution is -0.140. The first-order chi connectivity index (χ1) is 12.4. The first kappa shape index (κ1) is 19.9. The van der Waals surface area contributed by atoms with Crippen molar-refractivity contribution in [3.63, 3.8) is 0 Å². The van der Waals surface area contributed by atoms with Gasteiger partial charge in [-0.3, -0.25) is 9.59 Å². The maximum Gasteiger partial charge on any atom is 0.242 e. The van der Waals surface area contributed by atoms with E-state index < -0.39 is 11.9 Å². The number of rotatable bonds is 7. The number of halogens is 2. The second-order valence-electron chi connectivity index (χ2n) is 5.99. The highest BCUT2D eigenvalue weighted by molar-refractivity contribution is 6.30. The van der Waals surface area contributed by atoms with Crippen LogP contribution in [0.1, 0.15) is 25.0 Å². The second kappa shape index (κ2) is 9.34. The molecule has 1 unspecified atom stereocenters. The van der Waals surface area contributed by atoms with Gasteiger partial charge in [0.15, 0.2) is 0 Å². The third kappa shape index (κ3) is 5.30. The number of nitrogens with one attached hydrogen (secondary N) is 1. The van der Waals surface area contributed by atoms with E-state index in [1.165, 1.54) is 11.0 Å². The van der Waals surface area contributed by atoms with Crippen LogP contribution in [-0.2, 0) is 22.6 Å². The Balaban J connectivity index is 2.23. The Morgan fingerprint density at radius 2 is 1.81 bits per heavy atom. The lowest BCUT2D eigenvalue weighted by Gasteiger charge is -2.29. The van der Waals surface area contributed by atoms with Crippen LogP contribution in [0, 0.1) is 5.82 Å². The number of carbonyl (C=O) groups is 2. The molecule has 0 heterocycles. The molecule has 2 aromatic rings. The Bertz CT molecular complexity index is 765. The third-order valence-corrected chi connectivity index (χ3v) is 4.34. The fourth-order valence-electron chi connectivity index (χ4n) is 2.60. The van der Waals surface area contributed by atoms with Gasteiger partial charge in [-0.05, 0) is 43.2 Å². The predicted octanol–water partition coefficient (Wildman–Crippen LogP) is 3.58. The molecule has 0 spiro atoms. The van der Waals surface area contributed by atoms with Crippen molar-refractivity contribution in [2.45, 2.75) is 32.9 Å². The average Bonchev–Trinajstić information content (AvgIpc) is 2.62. The first-order valence-corrected chi connectivity index (χ1v) is 8.85. The molecule has 1 atom stereocenters. The van der Waals surface area contributed by atoms with Crippen LogP contribution in [0.5, 0.6) is 0 Å². The van der Waals surface area contributed by atoms with E-state index in [0.717, 1.165) is 5.56 Å². The molecule has 0 saturated carbocycles. The van der Waals surface area contributed by atoms with Crippen LogP contribution in [0.2, 0.25) is 5.02 Å². The minimum atomic E-state index is -0.676. The molecular weight excluding hydrogens is 355 g/mol. The van der Waals surface area contributed by atoms with Crippen LogP contribution < -0.4 is 5.32 Å². The SMILES string of the molecule is CCNC(=O)C(C)N(Cc1ccc(Cl)cc1)C(=O)Cc1ccccc1F. The molecule has 0 aliphatic heterocycles. The standard InChI is InChI=1S/C20H22ClFN2O2/c1-3-23-20(26)14(2)24(13-15-8-10-17(21)11-9-15)19(25)12-16-6-4-5-7-18(16)22/h4-11,14H,3,12-13H2,1-2H3,(H,23,26). The minimum absolute atomic E-state index is 0.107. The number of hydrogen-bond acceptors (Lipinski definition) is 2. The first-order valence-electron chi connectivity index (χ1n) is 8.47. The van der Waals surface area contributed by atoms with Crippen LogP contribution in [0.25, 0.3) is 0 Å². The van der Waals surface area contributed by atoms with Gasteiger partial charge in [0.2, 0.25) is 11.8 Å². The second-order valence-corrected chi connectivity index (χ2v) is 6.42. The molecular formula is C20H22ClFN2O2. The van der Waals surface area contributed by atoms with Crippen molar-refractivity contribution in [1.82, 2.24) is 10.2 Å². The van der Waals surface area contributed by atoms with Crippen molar-refractivity contribution >= 4 is 23.4 Å². The summed E-state index contributed by atoms with van der Waals surface area (Å²) in [6, 6.07) is 12.5. The van der Waals surface area contributed by atoms with Gasteiger partial charge in [0.1, 0.15) is 11.9 Å². The maximum absolute atomic E-state index is 13.9. The highest BCUT2D eigenvalue weighted by Crippen LogP contribution is 2.16. The lowest BCUT2D eigenvalue weighted by Crippen LogP contribution is -2.48. The molecule has 0 aromatic heterocycles. The fourth-order valence-corrected chi connectivity index (χ4v) is 2.72. The van der Waals surface area contributed by atoms with E-state index in [2.05, 4.69) is 5.32 Å². The normalized spacial score (nSPS) is 11.7. The molecule has 6 heteroatoms. The molecule has 2 amide bonds. The summed E-state index contributed by atoms with van der Waals surface area (Å²) in [5.41, 5.74) is 1.15. The van der Waals surface area contributed by atoms with E-state index in [-0.39, 0.29) is 24.8 Å². The number of carbonyl (C=O) groups excluding carboxylic acids is 2. The van der Waals surface area contributed by atoms with Crippen LogP contribution in [0.3, 0.4) is 0 Å². The Hall–Kier alpha value is -2.40. The third-order valence-electron chi connectivity index (χ3n) is 4.08. The van der Waals surface area contributed by atoms with E-state index in [0.29, 0.717) is 17.1 Å². The van der Waals surface area contributed by atoms with Gasteiger partial charge in [-0.25, -0.2) is 4.39 Å². The average molecular weight is 377 g/mol. The highest BCUT2D eigenvalue weighted by Gasteiger charge is 2.26. The summed E-state index contributed by atoms with van der Waals surface area (Å²) in [6.07, 6.45) is -0.107. The highest BCUT2D eigenvalue weighted by atomic mass is 35.5. The van der Waals surface area contributed by atoms with Crippen molar-refractivity contribution in [2.24, 2.45) is 0 Å². The summed E-state index contributed by atoms with van der Waals surface area (Å²) in [6.45, 7) is 4.19. The molecule has 0 aliphatic rings. The van der Waals surface area contributed by atoms with E-state index >= 15 is 0 Å². The molecule has 0 radical (unpaired) electrons. The molecule has 0 bridgehead atoms. The van der Waals surface area contributed by atoms with E-state index in [4.69, 9.17) is 11.6 Å². The summed E-state index contributed by atoms with van der Waals surface area (Å²) in [5, 5.41) is 3.32. The quantitative estimate of drug-likeness (QED) is 0.803. The largest absolute Gasteiger partial charge is 0.355 e. The van der Waals surface area contributed by atoms with Crippen molar-refractivity contribution in [2.75, 3.05) is 6.54 Å². The molecule has 2 rings (SSSR count). The van der Waals surface area contributed by atoms with Gasteiger partial charge in [0, 0.05) is 18.1 Å². The minimum Gasteiger partial charge on any atom is -0.355 e. The number of amides is 2.